The fourth-order valence-electron chi connectivity index (χ4n) is 2.01. The van der Waals surface area contributed by atoms with Gasteiger partial charge in [-0.1, -0.05) is 41.6 Å². The van der Waals surface area contributed by atoms with Crippen molar-refractivity contribution in [2.75, 3.05) is 32.6 Å². The Bertz CT molecular complexity index is 395. The molecule has 0 N–H and O–H groups in total. The van der Waals surface area contributed by atoms with Crippen molar-refractivity contribution in [3.63, 3.8) is 0 Å². The largest absolute Gasteiger partial charge is 1.00 e. The van der Waals surface area contributed by atoms with Crippen LogP contribution in [0.2, 0.25) is 0 Å². The summed E-state index contributed by atoms with van der Waals surface area (Å²) in [6.45, 7) is 5.91. The third kappa shape index (κ3) is 4.55. The van der Waals surface area contributed by atoms with E-state index in [-0.39, 0.29) is 24.0 Å². The monoisotopic (exact) mass is 377 g/mol. The van der Waals surface area contributed by atoms with Crippen LogP contribution < -0.4 is 24.0 Å². The smallest absolute Gasteiger partial charge is 0.214 e. The van der Waals surface area contributed by atoms with Crippen LogP contribution in [0.5, 0.6) is 0 Å². The van der Waals surface area contributed by atoms with E-state index in [1.807, 2.05) is 11.8 Å². The first-order valence-electron chi connectivity index (χ1n) is 6.07. The Morgan fingerprint density at radius 1 is 1.22 bits per heavy atom. The van der Waals surface area contributed by atoms with Gasteiger partial charge in [-0.05, 0) is 18.7 Å². The quantitative estimate of drug-likeness (QED) is 0.386. The molecule has 0 aliphatic carbocycles. The van der Waals surface area contributed by atoms with E-state index >= 15 is 0 Å². The highest BCUT2D eigenvalue weighted by Crippen LogP contribution is 2.10. The number of nitrogens with zero attached hydrogens (tertiary/aromatic N) is 1. The average molecular weight is 377 g/mol. The second-order valence-electron chi connectivity index (χ2n) is 4.36. The van der Waals surface area contributed by atoms with Crippen LogP contribution in [0.15, 0.2) is 24.3 Å². The third-order valence-electron chi connectivity index (χ3n) is 3.08. The summed E-state index contributed by atoms with van der Waals surface area (Å²) in [5.74, 6) is 0. The van der Waals surface area contributed by atoms with Crippen LogP contribution in [-0.2, 0) is 11.2 Å². The lowest BCUT2D eigenvalue weighted by Crippen LogP contribution is -3.00. The molecular formula is C14H20INOS. The summed E-state index contributed by atoms with van der Waals surface area (Å²) < 4.78 is 7.85. The maximum atomic E-state index is 5.40. The molecule has 0 radical (unpaired) electrons. The first-order chi connectivity index (χ1) is 8.29. The third-order valence-corrected chi connectivity index (χ3v) is 3.95. The molecule has 4 heteroatoms. The van der Waals surface area contributed by atoms with E-state index in [0.29, 0.717) is 0 Å². The number of hydrogen-bond acceptors (Lipinski definition) is 2. The second kappa shape index (κ2) is 8.17. The SMILES string of the molecule is CSC(Cc1ccc(C)cc1)=[N+]1CCOCC1.[I-]. The summed E-state index contributed by atoms with van der Waals surface area (Å²) in [7, 11) is 0. The molecular weight excluding hydrogens is 357 g/mol. The van der Waals surface area contributed by atoms with E-state index in [2.05, 4.69) is 42.0 Å². The maximum Gasteiger partial charge on any atom is 0.214 e. The molecule has 18 heavy (non-hydrogen) atoms. The zero-order valence-corrected chi connectivity index (χ0v) is 14.0. The molecule has 2 rings (SSSR count). The molecule has 0 spiro atoms. The van der Waals surface area contributed by atoms with Crippen LogP contribution in [0.25, 0.3) is 0 Å². The van der Waals surface area contributed by atoms with Gasteiger partial charge in [-0.15, -0.1) is 0 Å². The molecule has 1 aliphatic heterocycles. The van der Waals surface area contributed by atoms with Gasteiger partial charge in [0, 0.05) is 0 Å². The van der Waals surface area contributed by atoms with Crippen molar-refractivity contribution in [2.45, 2.75) is 13.3 Å². The molecule has 0 amide bonds. The van der Waals surface area contributed by atoms with Crippen molar-refractivity contribution in [2.24, 2.45) is 0 Å². The Balaban J connectivity index is 0.00000162. The highest BCUT2D eigenvalue weighted by atomic mass is 127. The predicted molar refractivity (Wildman–Crippen MR) is 74.2 cm³/mol. The standard InChI is InChI=1S/C14H20NOS.HI/c1-12-3-5-13(6-4-12)11-14(17-2)15-7-9-16-10-8-15;/h3-6H,7-11H2,1-2H3;1H/q+1;/p-1. The Kier molecular flexibility index (Phi) is 7.26. The van der Waals surface area contributed by atoms with Gasteiger partial charge in [0.25, 0.3) is 0 Å². The summed E-state index contributed by atoms with van der Waals surface area (Å²) in [4.78, 5) is 0. The summed E-state index contributed by atoms with van der Waals surface area (Å²) in [5, 5.41) is 1.46. The minimum absolute atomic E-state index is 0. The fraction of sp³-hybridized carbons (Fsp3) is 0.500. The molecule has 2 nitrogen and oxygen atoms in total. The van der Waals surface area contributed by atoms with Crippen LogP contribution in [-0.4, -0.2) is 42.2 Å². The minimum atomic E-state index is 0. The molecule has 0 aromatic heterocycles. The highest BCUT2D eigenvalue weighted by molar-refractivity contribution is 8.13. The Hall–Kier alpha value is -0.0700. The van der Waals surface area contributed by atoms with Gasteiger partial charge >= 0.3 is 0 Å². The molecule has 1 aromatic rings. The van der Waals surface area contributed by atoms with Crippen molar-refractivity contribution in [3.05, 3.63) is 35.4 Å². The summed E-state index contributed by atoms with van der Waals surface area (Å²) >= 11 is 1.86. The van der Waals surface area contributed by atoms with Gasteiger partial charge in [0.05, 0.1) is 6.42 Å². The molecule has 0 atom stereocenters. The van der Waals surface area contributed by atoms with E-state index in [0.717, 1.165) is 32.7 Å². The molecule has 0 saturated carbocycles. The lowest BCUT2D eigenvalue weighted by atomic mass is 10.1. The van der Waals surface area contributed by atoms with Gasteiger partial charge in [-0.3, -0.25) is 0 Å². The molecule has 0 bridgehead atoms. The van der Waals surface area contributed by atoms with Crippen LogP contribution >= 0.6 is 11.8 Å². The number of halogens is 1. The predicted octanol–water partition coefficient (Wildman–Crippen LogP) is -0.654. The lowest BCUT2D eigenvalue weighted by Gasteiger charge is -2.14. The van der Waals surface area contributed by atoms with Crippen LogP contribution in [0, 0.1) is 6.92 Å². The highest BCUT2D eigenvalue weighted by Gasteiger charge is 2.17. The van der Waals surface area contributed by atoms with Gasteiger partial charge in [0.2, 0.25) is 5.04 Å². The summed E-state index contributed by atoms with van der Waals surface area (Å²) in [6, 6.07) is 8.83. The number of hydrogen-bond donors (Lipinski definition) is 0. The van der Waals surface area contributed by atoms with Gasteiger partial charge in [0.1, 0.15) is 13.2 Å². The molecule has 1 aliphatic rings. The van der Waals surface area contributed by atoms with Gasteiger partial charge in [-0.25, -0.2) is 4.58 Å². The Morgan fingerprint density at radius 2 is 1.83 bits per heavy atom. The van der Waals surface area contributed by atoms with Crippen molar-refractivity contribution >= 4 is 16.8 Å². The summed E-state index contributed by atoms with van der Waals surface area (Å²) in [6.07, 6.45) is 3.21. The van der Waals surface area contributed by atoms with Crippen LogP contribution in [0.3, 0.4) is 0 Å². The fourth-order valence-corrected chi connectivity index (χ4v) is 2.76. The molecule has 100 valence electrons. The Labute approximate surface area is 131 Å². The second-order valence-corrected chi connectivity index (χ2v) is 5.24. The van der Waals surface area contributed by atoms with E-state index in [9.17, 15) is 0 Å². The molecule has 1 heterocycles. The van der Waals surface area contributed by atoms with Crippen molar-refractivity contribution in [1.29, 1.82) is 0 Å². The van der Waals surface area contributed by atoms with E-state index < -0.39 is 0 Å². The average Bonchev–Trinajstić information content (AvgIpc) is 2.39. The molecule has 1 saturated heterocycles. The van der Waals surface area contributed by atoms with Crippen LogP contribution in [0.1, 0.15) is 11.1 Å². The van der Waals surface area contributed by atoms with Crippen molar-refractivity contribution in [3.8, 4) is 0 Å². The normalized spacial score (nSPS) is 15.1. The summed E-state index contributed by atoms with van der Waals surface area (Å²) in [5.41, 5.74) is 2.72. The number of aryl methyl sites for hydroxylation is 1. The van der Waals surface area contributed by atoms with Crippen molar-refractivity contribution < 1.29 is 33.3 Å². The number of thioether (sulfide) groups is 1. The van der Waals surface area contributed by atoms with E-state index in [1.165, 1.54) is 16.2 Å². The molecule has 1 aromatic carbocycles. The van der Waals surface area contributed by atoms with Gasteiger partial charge in [0.15, 0.2) is 13.1 Å². The van der Waals surface area contributed by atoms with E-state index in [1.54, 1.807) is 0 Å². The maximum absolute atomic E-state index is 5.40. The first kappa shape index (κ1) is 16.0. The number of rotatable bonds is 2. The number of ether oxygens (including phenoxy) is 1. The number of morpholine rings is 1. The number of benzene rings is 1. The van der Waals surface area contributed by atoms with Gasteiger partial charge < -0.3 is 28.7 Å². The lowest BCUT2D eigenvalue weighted by molar-refractivity contribution is -0.547. The zero-order valence-electron chi connectivity index (χ0n) is 11.0. The minimum Gasteiger partial charge on any atom is -1.00 e. The zero-order chi connectivity index (χ0) is 12.1. The van der Waals surface area contributed by atoms with Gasteiger partial charge in [-0.2, -0.15) is 0 Å². The Morgan fingerprint density at radius 3 is 2.39 bits per heavy atom. The molecule has 1 fully saturated rings. The first-order valence-corrected chi connectivity index (χ1v) is 7.30. The van der Waals surface area contributed by atoms with Crippen molar-refractivity contribution in [1.82, 2.24) is 0 Å². The van der Waals surface area contributed by atoms with E-state index in [4.69, 9.17) is 4.74 Å². The molecule has 0 unspecified atom stereocenters. The topological polar surface area (TPSA) is 12.2 Å². The van der Waals surface area contributed by atoms with Crippen LogP contribution in [0.4, 0.5) is 0 Å².